The number of nitrogens with one attached hydrogen (secondary N) is 1. The first-order valence-corrected chi connectivity index (χ1v) is 13.0. The maximum atomic E-state index is 11.8. The van der Waals surface area contributed by atoms with Crippen LogP contribution in [0.2, 0.25) is 0 Å². The molecule has 0 radical (unpaired) electrons. The highest BCUT2D eigenvalue weighted by molar-refractivity contribution is 8.15. The number of likely N-dealkylation sites (N-methyl/N-ethyl adjacent to an activating group) is 1. The number of aromatic nitrogens is 2. The molecule has 0 bridgehead atoms. The number of amides is 2. The average Bonchev–Trinajstić information content (AvgIpc) is 3.26. The Bertz CT molecular complexity index is 1400. The van der Waals surface area contributed by atoms with Gasteiger partial charge in [0, 0.05) is 19.3 Å². The number of carbonyl (C=O) groups is 2. The lowest BCUT2D eigenvalue weighted by Gasteiger charge is -2.18. The number of ether oxygens (including phenoxy) is 2. The van der Waals surface area contributed by atoms with Crippen LogP contribution in [0.3, 0.4) is 0 Å². The van der Waals surface area contributed by atoms with Crippen molar-refractivity contribution in [3.8, 4) is 28.5 Å². The van der Waals surface area contributed by atoms with Crippen molar-refractivity contribution in [2.75, 3.05) is 25.1 Å². The molecule has 1 saturated heterocycles. The second-order valence-corrected chi connectivity index (χ2v) is 9.86. The maximum Gasteiger partial charge on any atom is 0.286 e. The molecule has 2 amide bonds. The minimum absolute atomic E-state index is 0.235. The van der Waals surface area contributed by atoms with Crippen LogP contribution >= 0.6 is 11.8 Å². The molecule has 1 fully saturated rings. The summed E-state index contributed by atoms with van der Waals surface area (Å²) in [6.07, 6.45) is 2.17. The van der Waals surface area contributed by atoms with Crippen LogP contribution in [0.15, 0.2) is 91.1 Å². The first-order chi connectivity index (χ1) is 18.5. The van der Waals surface area contributed by atoms with E-state index in [0.29, 0.717) is 37.2 Å². The lowest BCUT2D eigenvalue weighted by atomic mass is 10.1. The molecule has 1 atom stereocenters. The molecule has 1 unspecified atom stereocenters. The predicted molar refractivity (Wildman–Crippen MR) is 148 cm³/mol. The number of nitrogens with zero attached hydrogens (tertiary/aromatic N) is 3. The summed E-state index contributed by atoms with van der Waals surface area (Å²) in [6, 6.07) is 27.3. The number of anilines is 1. The molecule has 9 heteroatoms. The monoisotopic (exact) mass is 526 g/mol. The minimum atomic E-state index is -0.378. The molecule has 2 heterocycles. The van der Waals surface area contributed by atoms with Gasteiger partial charge in [0.2, 0.25) is 17.7 Å². The van der Waals surface area contributed by atoms with Crippen LogP contribution in [0.4, 0.5) is 10.7 Å². The molecule has 4 aromatic rings. The van der Waals surface area contributed by atoms with Crippen molar-refractivity contribution < 1.29 is 19.1 Å². The molecule has 3 aromatic carbocycles. The smallest absolute Gasteiger partial charge is 0.286 e. The fourth-order valence-corrected chi connectivity index (χ4v) is 4.76. The van der Waals surface area contributed by atoms with Crippen molar-refractivity contribution in [2.45, 2.75) is 11.7 Å². The fourth-order valence-electron chi connectivity index (χ4n) is 3.90. The zero-order valence-corrected chi connectivity index (χ0v) is 21.6. The van der Waals surface area contributed by atoms with Crippen LogP contribution in [-0.4, -0.2) is 46.6 Å². The van der Waals surface area contributed by atoms with Gasteiger partial charge in [-0.25, -0.2) is 4.98 Å². The zero-order chi connectivity index (χ0) is 26.3. The number of benzene rings is 3. The van der Waals surface area contributed by atoms with Gasteiger partial charge in [0.25, 0.3) is 5.24 Å². The third-order valence-electron chi connectivity index (χ3n) is 5.95. The van der Waals surface area contributed by atoms with E-state index in [0.717, 1.165) is 34.2 Å². The molecule has 0 saturated carbocycles. The van der Waals surface area contributed by atoms with E-state index in [2.05, 4.69) is 27.4 Å². The third kappa shape index (κ3) is 6.49. The molecule has 192 valence electrons. The van der Waals surface area contributed by atoms with Gasteiger partial charge in [-0.05, 0) is 47.4 Å². The molecule has 1 aromatic heterocycles. The Balaban J connectivity index is 1.11. The predicted octanol–water partition coefficient (Wildman–Crippen LogP) is 5.35. The minimum Gasteiger partial charge on any atom is -0.492 e. The van der Waals surface area contributed by atoms with Crippen LogP contribution in [0.1, 0.15) is 5.56 Å². The van der Waals surface area contributed by atoms with E-state index in [1.807, 2.05) is 78.7 Å². The van der Waals surface area contributed by atoms with E-state index >= 15 is 0 Å². The molecule has 1 N–H and O–H groups in total. The first kappa shape index (κ1) is 25.3. The Morgan fingerprint density at radius 2 is 1.61 bits per heavy atom. The molecular weight excluding hydrogens is 500 g/mol. The van der Waals surface area contributed by atoms with Gasteiger partial charge in [-0.2, -0.15) is 4.98 Å². The quantitative estimate of drug-likeness (QED) is 0.296. The summed E-state index contributed by atoms with van der Waals surface area (Å²) in [5.41, 5.74) is 3.24. The molecule has 0 spiro atoms. The van der Waals surface area contributed by atoms with E-state index in [1.165, 1.54) is 0 Å². The molecule has 0 aliphatic carbocycles. The number of hydrogen-bond acceptors (Lipinski definition) is 8. The second kappa shape index (κ2) is 11.8. The van der Waals surface area contributed by atoms with Crippen molar-refractivity contribution in [2.24, 2.45) is 0 Å². The molecule has 1 aliphatic heterocycles. The number of rotatable bonds is 10. The van der Waals surface area contributed by atoms with Crippen molar-refractivity contribution in [3.63, 3.8) is 0 Å². The third-order valence-corrected chi connectivity index (χ3v) is 6.93. The summed E-state index contributed by atoms with van der Waals surface area (Å²) in [7, 11) is 1.89. The fraction of sp³-hybridized carbons (Fsp3) is 0.172. The Morgan fingerprint density at radius 3 is 2.32 bits per heavy atom. The number of carbonyl (C=O) groups excluding carboxylic acids is 2. The normalized spacial score (nSPS) is 14.7. The number of hydrogen-bond donors (Lipinski definition) is 1. The molecule has 8 nitrogen and oxygen atoms in total. The molecular formula is C29H26N4O4S. The lowest BCUT2D eigenvalue weighted by molar-refractivity contribution is -0.118. The van der Waals surface area contributed by atoms with Gasteiger partial charge in [-0.15, -0.1) is 0 Å². The Labute approximate surface area is 225 Å². The largest absolute Gasteiger partial charge is 0.492 e. The summed E-state index contributed by atoms with van der Waals surface area (Å²) < 4.78 is 11.8. The van der Waals surface area contributed by atoms with Gasteiger partial charge < -0.3 is 14.4 Å². The second-order valence-electron chi connectivity index (χ2n) is 8.69. The lowest BCUT2D eigenvalue weighted by Crippen LogP contribution is -2.25. The summed E-state index contributed by atoms with van der Waals surface area (Å²) in [6.45, 7) is 0.999. The van der Waals surface area contributed by atoms with Crippen molar-refractivity contribution in [1.29, 1.82) is 0 Å². The van der Waals surface area contributed by atoms with E-state index in [-0.39, 0.29) is 16.4 Å². The van der Waals surface area contributed by atoms with Gasteiger partial charge in [-0.3, -0.25) is 14.9 Å². The standard InChI is InChI=1S/C29H26N4O4S/c1-33(17-18-36-23-11-7-20(8-12-23)19-25-27(34)32-29(35)38-25)28-30-16-15-26(31-28)37-24-13-9-22(10-14-24)21-5-3-2-4-6-21/h2-16,25H,17-19H2,1H3,(H,32,34,35). The van der Waals surface area contributed by atoms with E-state index < -0.39 is 0 Å². The summed E-state index contributed by atoms with van der Waals surface area (Å²) in [4.78, 5) is 33.9. The highest BCUT2D eigenvalue weighted by atomic mass is 32.2. The van der Waals surface area contributed by atoms with Crippen LogP contribution in [-0.2, 0) is 11.2 Å². The van der Waals surface area contributed by atoms with Gasteiger partial charge >= 0.3 is 0 Å². The van der Waals surface area contributed by atoms with Gasteiger partial charge in [0.1, 0.15) is 18.1 Å². The summed E-state index contributed by atoms with van der Waals surface area (Å²) in [5.74, 6) is 2.17. The Hall–Kier alpha value is -4.37. The van der Waals surface area contributed by atoms with Crippen LogP contribution in [0.25, 0.3) is 11.1 Å². The average molecular weight is 527 g/mol. The zero-order valence-electron chi connectivity index (χ0n) is 20.7. The highest BCUT2D eigenvalue weighted by Crippen LogP contribution is 2.26. The molecule has 38 heavy (non-hydrogen) atoms. The van der Waals surface area contributed by atoms with Crippen LogP contribution in [0, 0.1) is 0 Å². The first-order valence-electron chi connectivity index (χ1n) is 12.1. The SMILES string of the molecule is CN(CCOc1ccc(CC2SC(=O)NC2=O)cc1)c1nccc(Oc2ccc(-c3ccccc3)cc2)n1. The van der Waals surface area contributed by atoms with Crippen molar-refractivity contribution >= 4 is 28.9 Å². The van der Waals surface area contributed by atoms with Crippen molar-refractivity contribution in [1.82, 2.24) is 15.3 Å². The van der Waals surface area contributed by atoms with Gasteiger partial charge in [0.05, 0.1) is 11.8 Å². The van der Waals surface area contributed by atoms with Gasteiger partial charge in [0.15, 0.2) is 0 Å². The Morgan fingerprint density at radius 1 is 0.895 bits per heavy atom. The van der Waals surface area contributed by atoms with Gasteiger partial charge in [-0.1, -0.05) is 66.4 Å². The Kier molecular flexibility index (Phi) is 7.84. The van der Waals surface area contributed by atoms with Crippen LogP contribution in [0.5, 0.6) is 17.4 Å². The molecule has 1 aliphatic rings. The molecule has 5 rings (SSSR count). The van der Waals surface area contributed by atoms with E-state index in [4.69, 9.17) is 9.47 Å². The summed E-state index contributed by atoms with van der Waals surface area (Å²) in [5, 5.41) is 1.64. The van der Waals surface area contributed by atoms with Crippen LogP contribution < -0.4 is 19.7 Å². The maximum absolute atomic E-state index is 11.8. The number of imide groups is 1. The summed E-state index contributed by atoms with van der Waals surface area (Å²) >= 11 is 1.03. The number of thioether (sulfide) groups is 1. The van der Waals surface area contributed by atoms with Crippen molar-refractivity contribution in [3.05, 3.63) is 96.7 Å². The van der Waals surface area contributed by atoms with E-state index in [9.17, 15) is 9.59 Å². The topological polar surface area (TPSA) is 93.7 Å². The van der Waals surface area contributed by atoms with E-state index in [1.54, 1.807) is 12.3 Å². The highest BCUT2D eigenvalue weighted by Gasteiger charge is 2.31.